The molecule has 0 aliphatic carbocycles. The maximum Gasteiger partial charge on any atom is 0.323 e. The average Bonchev–Trinajstić information content (AvgIpc) is 2.34. The van der Waals surface area contributed by atoms with Crippen molar-refractivity contribution in [3.05, 3.63) is 24.0 Å². The van der Waals surface area contributed by atoms with Crippen molar-refractivity contribution in [3.8, 4) is 5.75 Å². The number of rotatable bonds is 6. The van der Waals surface area contributed by atoms with Crippen LogP contribution in [0.3, 0.4) is 0 Å². The number of nitrogens with zero attached hydrogens (tertiary/aromatic N) is 2. The summed E-state index contributed by atoms with van der Waals surface area (Å²) < 4.78 is 4.80. The van der Waals surface area contributed by atoms with Crippen molar-refractivity contribution in [2.45, 2.75) is 0 Å². The molecule has 0 saturated heterocycles. The number of ether oxygens (including phenoxy) is 1. The van der Waals surface area contributed by atoms with Gasteiger partial charge in [-0.2, -0.15) is 0 Å². The number of aromatic nitrogens is 1. The van der Waals surface area contributed by atoms with Crippen molar-refractivity contribution in [1.29, 1.82) is 0 Å². The Bertz CT molecular complexity index is 435. The summed E-state index contributed by atoms with van der Waals surface area (Å²) in [5.41, 5.74) is -0.171. The molecule has 0 aliphatic rings. The van der Waals surface area contributed by atoms with E-state index in [1.54, 1.807) is 0 Å². The number of pyridine rings is 1. The van der Waals surface area contributed by atoms with Crippen molar-refractivity contribution in [2.75, 3.05) is 26.8 Å². The highest BCUT2D eigenvalue weighted by Gasteiger charge is 2.21. The van der Waals surface area contributed by atoms with Gasteiger partial charge in [0.05, 0.1) is 6.61 Å². The van der Waals surface area contributed by atoms with Gasteiger partial charge in [-0.1, -0.05) is 0 Å². The predicted octanol–water partition coefficient (Wildman–Crippen LogP) is -0.0396. The van der Waals surface area contributed by atoms with Crippen LogP contribution in [0.25, 0.3) is 0 Å². The lowest BCUT2D eigenvalue weighted by molar-refractivity contribution is -0.137. The Labute approximate surface area is 104 Å². The number of amides is 1. The normalized spacial score (nSPS) is 10.1. The van der Waals surface area contributed by atoms with Crippen LogP contribution in [0.5, 0.6) is 5.75 Å². The molecule has 1 rings (SSSR count). The van der Waals surface area contributed by atoms with E-state index >= 15 is 0 Å². The van der Waals surface area contributed by atoms with Gasteiger partial charge in [-0.3, -0.25) is 9.59 Å². The molecule has 0 atom stereocenters. The third-order valence-corrected chi connectivity index (χ3v) is 2.17. The zero-order chi connectivity index (χ0) is 13.5. The molecule has 0 aliphatic heterocycles. The van der Waals surface area contributed by atoms with E-state index in [1.807, 2.05) is 0 Å². The molecule has 0 fully saturated rings. The van der Waals surface area contributed by atoms with Crippen LogP contribution < -0.4 is 0 Å². The number of carbonyl (C=O) groups is 2. The van der Waals surface area contributed by atoms with E-state index in [0.717, 1.165) is 4.90 Å². The lowest BCUT2D eigenvalue weighted by Gasteiger charge is -2.20. The summed E-state index contributed by atoms with van der Waals surface area (Å²) in [7, 11) is 1.45. The Hall–Kier alpha value is -2.15. The Morgan fingerprint density at radius 3 is 2.78 bits per heavy atom. The molecular weight excluding hydrogens is 240 g/mol. The zero-order valence-corrected chi connectivity index (χ0v) is 9.87. The Morgan fingerprint density at radius 1 is 1.50 bits per heavy atom. The fraction of sp³-hybridized carbons (Fsp3) is 0.364. The number of hydrogen-bond acceptors (Lipinski definition) is 5. The first-order valence-electron chi connectivity index (χ1n) is 5.20. The van der Waals surface area contributed by atoms with Gasteiger partial charge in [0, 0.05) is 19.9 Å². The molecule has 0 unspecified atom stereocenters. The summed E-state index contributed by atoms with van der Waals surface area (Å²) in [6.07, 6.45) is 1.35. The quantitative estimate of drug-likeness (QED) is 0.739. The molecule has 1 amide bonds. The maximum atomic E-state index is 12.0. The van der Waals surface area contributed by atoms with Gasteiger partial charge in [-0.05, 0) is 12.1 Å². The van der Waals surface area contributed by atoms with Crippen molar-refractivity contribution in [3.63, 3.8) is 0 Å². The summed E-state index contributed by atoms with van der Waals surface area (Å²) in [6, 6.07) is 2.79. The van der Waals surface area contributed by atoms with Gasteiger partial charge >= 0.3 is 5.97 Å². The molecule has 1 heterocycles. The van der Waals surface area contributed by atoms with Crippen molar-refractivity contribution >= 4 is 11.9 Å². The van der Waals surface area contributed by atoms with Crippen molar-refractivity contribution in [1.82, 2.24) is 9.88 Å². The van der Waals surface area contributed by atoms with Crippen LogP contribution in [0.2, 0.25) is 0 Å². The third kappa shape index (κ3) is 3.70. The van der Waals surface area contributed by atoms with Gasteiger partial charge in [-0.15, -0.1) is 0 Å². The van der Waals surface area contributed by atoms with E-state index in [1.165, 1.54) is 25.4 Å². The van der Waals surface area contributed by atoms with E-state index in [2.05, 4.69) is 4.98 Å². The fourth-order valence-corrected chi connectivity index (χ4v) is 1.33. The molecule has 0 aromatic carbocycles. The largest absolute Gasteiger partial charge is 0.505 e. The molecule has 7 nitrogen and oxygen atoms in total. The third-order valence-electron chi connectivity index (χ3n) is 2.17. The lowest BCUT2D eigenvalue weighted by atomic mass is 10.3. The number of carboxylic acid groups (broad SMARTS) is 1. The van der Waals surface area contributed by atoms with E-state index in [-0.39, 0.29) is 24.6 Å². The Balaban J connectivity index is 2.87. The Kier molecular flexibility index (Phi) is 5.06. The summed E-state index contributed by atoms with van der Waals surface area (Å²) >= 11 is 0. The van der Waals surface area contributed by atoms with E-state index < -0.39 is 18.4 Å². The number of aliphatic carboxylic acids is 1. The van der Waals surface area contributed by atoms with Crippen LogP contribution in [0, 0.1) is 0 Å². The van der Waals surface area contributed by atoms with Crippen LogP contribution in [-0.2, 0) is 9.53 Å². The molecule has 7 heteroatoms. The maximum absolute atomic E-state index is 12.0. The van der Waals surface area contributed by atoms with Crippen molar-refractivity contribution in [2.24, 2.45) is 0 Å². The highest BCUT2D eigenvalue weighted by Crippen LogP contribution is 2.14. The number of methoxy groups -OCH3 is 1. The summed E-state index contributed by atoms with van der Waals surface area (Å²) in [5, 5.41) is 18.2. The molecule has 0 bridgehead atoms. The van der Waals surface area contributed by atoms with Crippen molar-refractivity contribution < 1.29 is 24.5 Å². The minimum atomic E-state index is -1.14. The van der Waals surface area contributed by atoms with Gasteiger partial charge in [-0.25, -0.2) is 4.98 Å². The molecular formula is C11H14N2O5. The average molecular weight is 254 g/mol. The number of carbonyl (C=O) groups excluding carboxylic acids is 1. The van der Waals surface area contributed by atoms with E-state index in [0.29, 0.717) is 0 Å². The SMILES string of the molecule is COCCN(CC(=O)O)C(=O)c1ncccc1O. The zero-order valence-electron chi connectivity index (χ0n) is 9.87. The number of hydrogen-bond donors (Lipinski definition) is 2. The smallest absolute Gasteiger partial charge is 0.323 e. The monoisotopic (exact) mass is 254 g/mol. The molecule has 98 valence electrons. The lowest BCUT2D eigenvalue weighted by Crippen LogP contribution is -2.38. The second-order valence-corrected chi connectivity index (χ2v) is 3.48. The number of aromatic hydroxyl groups is 1. The summed E-state index contributed by atoms with van der Waals surface area (Å²) in [5.74, 6) is -2.07. The molecule has 0 radical (unpaired) electrons. The van der Waals surface area contributed by atoms with Crippen LogP contribution >= 0.6 is 0 Å². The first-order valence-corrected chi connectivity index (χ1v) is 5.20. The summed E-state index contributed by atoms with van der Waals surface area (Å²) in [6.45, 7) is -0.164. The first-order chi connectivity index (χ1) is 8.56. The van der Waals surface area contributed by atoms with Gasteiger partial charge in [0.1, 0.15) is 12.3 Å². The van der Waals surface area contributed by atoms with Crippen LogP contribution in [0.1, 0.15) is 10.5 Å². The number of carboxylic acids is 1. The van der Waals surface area contributed by atoms with E-state index in [4.69, 9.17) is 9.84 Å². The van der Waals surface area contributed by atoms with Gasteiger partial charge < -0.3 is 19.8 Å². The van der Waals surface area contributed by atoms with Crippen LogP contribution in [0.4, 0.5) is 0 Å². The highest BCUT2D eigenvalue weighted by molar-refractivity contribution is 5.96. The van der Waals surface area contributed by atoms with Crippen LogP contribution in [0.15, 0.2) is 18.3 Å². The first kappa shape index (κ1) is 13.9. The second-order valence-electron chi connectivity index (χ2n) is 3.48. The minimum Gasteiger partial charge on any atom is -0.505 e. The molecule has 1 aromatic rings. The standard InChI is InChI=1S/C11H14N2O5/c1-18-6-5-13(7-9(15)16)11(17)10-8(14)3-2-4-12-10/h2-4,14H,5-7H2,1H3,(H,15,16). The molecule has 0 spiro atoms. The second kappa shape index (κ2) is 6.55. The molecule has 0 saturated carbocycles. The molecule has 18 heavy (non-hydrogen) atoms. The molecule has 2 N–H and O–H groups in total. The predicted molar refractivity (Wildman–Crippen MR) is 61.3 cm³/mol. The van der Waals surface area contributed by atoms with E-state index in [9.17, 15) is 14.7 Å². The molecule has 1 aromatic heterocycles. The van der Waals surface area contributed by atoms with Gasteiger partial charge in [0.2, 0.25) is 0 Å². The Morgan fingerprint density at radius 2 is 2.22 bits per heavy atom. The van der Waals surface area contributed by atoms with Gasteiger partial charge in [0.15, 0.2) is 5.69 Å². The van der Waals surface area contributed by atoms with Gasteiger partial charge in [0.25, 0.3) is 5.91 Å². The fourth-order valence-electron chi connectivity index (χ4n) is 1.33. The topological polar surface area (TPSA) is 100.0 Å². The highest BCUT2D eigenvalue weighted by atomic mass is 16.5. The summed E-state index contributed by atoms with van der Waals surface area (Å²) in [4.78, 5) is 27.5. The minimum absolute atomic E-state index is 0.109. The van der Waals surface area contributed by atoms with Crippen LogP contribution in [-0.4, -0.2) is 58.8 Å².